The van der Waals surface area contributed by atoms with Gasteiger partial charge in [0.15, 0.2) is 0 Å². The molecule has 0 radical (unpaired) electrons. The quantitative estimate of drug-likeness (QED) is 0.187. The first-order valence-corrected chi connectivity index (χ1v) is 14.4. The van der Waals surface area contributed by atoms with E-state index in [0.29, 0.717) is 36.3 Å². The van der Waals surface area contributed by atoms with Gasteiger partial charge in [-0.05, 0) is 13.8 Å². The molecule has 0 saturated carbocycles. The standard InChI is InChI=1S/2C14H17N5O3.Mo.2O/c2*1-2-18-8-10(13(21)22)11(20)9-7-16-14(17-12(9)18)19-5-3-15-4-6-19;;;/h2*7-8,15H,2-6H2,1H3,(H,21,22);;;/q;;;2*-2/p-2. The van der Waals surface area contributed by atoms with Crippen molar-refractivity contribution < 1.29 is 51.8 Å². The first-order chi connectivity index (χ1) is 21.2. The van der Waals surface area contributed by atoms with Gasteiger partial charge in [-0.25, -0.2) is 9.97 Å². The third-order valence-electron chi connectivity index (χ3n) is 7.53. The number of carbonyl (C=O) groups is 2. The molecule has 0 amide bonds. The summed E-state index contributed by atoms with van der Waals surface area (Å²) in [5, 5.41) is 29.0. The molecule has 2 fully saturated rings. The van der Waals surface area contributed by atoms with Gasteiger partial charge in [-0.3, -0.25) is 9.59 Å². The van der Waals surface area contributed by atoms with Crippen LogP contribution in [-0.4, -0.2) is 93.4 Å². The van der Waals surface area contributed by atoms with Crippen molar-refractivity contribution in [2.45, 2.75) is 26.9 Å². The second-order valence-electron chi connectivity index (χ2n) is 10.2. The molecule has 4 aromatic rings. The summed E-state index contributed by atoms with van der Waals surface area (Å²) in [4.78, 5) is 68.0. The maximum Gasteiger partial charge on any atom is 0.227 e. The van der Waals surface area contributed by atoms with Crippen molar-refractivity contribution in [3.05, 3.63) is 56.4 Å². The molecule has 47 heavy (non-hydrogen) atoms. The fourth-order valence-corrected chi connectivity index (χ4v) is 5.13. The molecule has 4 aromatic heterocycles. The number of nitrogens with zero attached hydrogens (tertiary/aromatic N) is 8. The molecule has 254 valence electrons. The SMILES string of the molecule is CCn1cc(C(=O)[O-])c(=O)c2cnc(N3CCNCC3)nc21.CCn1cc(C(=O)[O-])c(=O)c2cnc(N3CCNCC3)nc21.[Mo].[O-2].[O-2]. The van der Waals surface area contributed by atoms with Gasteiger partial charge in [0.2, 0.25) is 22.8 Å². The van der Waals surface area contributed by atoms with Crippen LogP contribution in [0, 0.1) is 0 Å². The van der Waals surface area contributed by atoms with Gasteiger partial charge < -0.3 is 60.3 Å². The van der Waals surface area contributed by atoms with Crippen molar-refractivity contribution in [1.29, 1.82) is 0 Å². The van der Waals surface area contributed by atoms with Crippen LogP contribution in [0.4, 0.5) is 11.9 Å². The largest absolute Gasteiger partial charge is 2.00 e. The number of piperazine rings is 2. The molecule has 0 aromatic carbocycles. The Labute approximate surface area is 282 Å². The Morgan fingerprint density at radius 3 is 1.34 bits per heavy atom. The van der Waals surface area contributed by atoms with Crippen molar-refractivity contribution in [2.24, 2.45) is 0 Å². The number of pyridine rings is 2. The molecule has 2 saturated heterocycles. The average molecular weight is 733 g/mol. The zero-order valence-corrected chi connectivity index (χ0v) is 27.6. The topological polar surface area (TPSA) is 263 Å². The van der Waals surface area contributed by atoms with Crippen LogP contribution in [0.15, 0.2) is 34.4 Å². The Bertz CT molecular complexity index is 1710. The minimum absolute atomic E-state index is 0. The van der Waals surface area contributed by atoms with Crippen LogP contribution in [0.3, 0.4) is 0 Å². The van der Waals surface area contributed by atoms with Crippen molar-refractivity contribution in [1.82, 2.24) is 39.7 Å². The number of aryl methyl sites for hydroxylation is 2. The average Bonchev–Trinajstić information content (AvgIpc) is 3.05. The summed E-state index contributed by atoms with van der Waals surface area (Å²) in [6.07, 6.45) is 5.38. The first-order valence-electron chi connectivity index (χ1n) is 14.4. The van der Waals surface area contributed by atoms with Gasteiger partial charge in [-0.1, -0.05) is 0 Å². The molecular formula is C28H32MoN10O8-6. The van der Waals surface area contributed by atoms with E-state index >= 15 is 0 Å². The van der Waals surface area contributed by atoms with Crippen LogP contribution in [0.1, 0.15) is 34.6 Å². The summed E-state index contributed by atoms with van der Waals surface area (Å²) in [7, 11) is 0. The molecule has 6 heterocycles. The van der Waals surface area contributed by atoms with E-state index in [-0.39, 0.29) is 53.9 Å². The van der Waals surface area contributed by atoms with Crippen LogP contribution in [0.2, 0.25) is 0 Å². The van der Waals surface area contributed by atoms with E-state index in [1.54, 1.807) is 9.13 Å². The molecule has 0 atom stereocenters. The smallest absolute Gasteiger partial charge is 0.227 e. The van der Waals surface area contributed by atoms with E-state index in [1.807, 2.05) is 23.6 Å². The number of nitrogens with one attached hydrogen (secondary N) is 2. The summed E-state index contributed by atoms with van der Waals surface area (Å²) < 4.78 is 3.27. The predicted octanol–water partition coefficient (Wildman–Crippen LogP) is -3.07. The Morgan fingerprint density at radius 1 is 0.702 bits per heavy atom. The molecule has 19 heteroatoms. The summed E-state index contributed by atoms with van der Waals surface area (Å²) in [5.41, 5.74) is -1.05. The Balaban J connectivity index is 0.000000307. The maximum absolute atomic E-state index is 12.2. The summed E-state index contributed by atoms with van der Waals surface area (Å²) in [5.74, 6) is -1.87. The summed E-state index contributed by atoms with van der Waals surface area (Å²) in [6, 6.07) is 0. The van der Waals surface area contributed by atoms with E-state index in [9.17, 15) is 29.4 Å². The number of aromatic nitrogens is 6. The molecule has 2 aliphatic rings. The Hall–Kier alpha value is -4.35. The summed E-state index contributed by atoms with van der Waals surface area (Å²) in [6.45, 7) is 11.3. The van der Waals surface area contributed by atoms with Crippen LogP contribution < -0.4 is 41.5 Å². The van der Waals surface area contributed by atoms with Gasteiger partial charge in [0.25, 0.3) is 0 Å². The third-order valence-corrected chi connectivity index (χ3v) is 7.53. The fraction of sp³-hybridized carbons (Fsp3) is 0.429. The molecule has 2 aliphatic heterocycles. The van der Waals surface area contributed by atoms with Gasteiger partial charge in [0.1, 0.15) is 11.3 Å². The normalized spacial score (nSPS) is 14.3. The maximum atomic E-state index is 12.2. The molecule has 6 rings (SSSR count). The molecule has 0 unspecified atom stereocenters. The molecular weight excluding hydrogens is 700 g/mol. The Kier molecular flexibility index (Phi) is 14.0. The Morgan fingerprint density at radius 2 is 1.04 bits per heavy atom. The number of rotatable bonds is 6. The molecule has 0 spiro atoms. The van der Waals surface area contributed by atoms with Crippen LogP contribution in [-0.2, 0) is 45.1 Å². The number of fused-ring (bicyclic) bond motifs is 2. The predicted molar refractivity (Wildman–Crippen MR) is 159 cm³/mol. The fourth-order valence-electron chi connectivity index (χ4n) is 5.13. The minimum atomic E-state index is -1.49. The van der Waals surface area contributed by atoms with Crippen molar-refractivity contribution in [2.75, 3.05) is 62.2 Å². The van der Waals surface area contributed by atoms with Crippen LogP contribution in [0.25, 0.3) is 22.1 Å². The van der Waals surface area contributed by atoms with E-state index in [0.717, 1.165) is 52.4 Å². The summed E-state index contributed by atoms with van der Waals surface area (Å²) >= 11 is 0. The monoisotopic (exact) mass is 734 g/mol. The number of carbonyl (C=O) groups excluding carboxylic acids is 2. The molecule has 2 N–H and O–H groups in total. The van der Waals surface area contributed by atoms with E-state index in [4.69, 9.17) is 0 Å². The molecule has 18 nitrogen and oxygen atoms in total. The van der Waals surface area contributed by atoms with Crippen LogP contribution in [0.5, 0.6) is 0 Å². The van der Waals surface area contributed by atoms with E-state index < -0.39 is 22.8 Å². The van der Waals surface area contributed by atoms with E-state index in [2.05, 4.69) is 30.6 Å². The van der Waals surface area contributed by atoms with E-state index in [1.165, 1.54) is 24.8 Å². The van der Waals surface area contributed by atoms with Crippen molar-refractivity contribution in [3.8, 4) is 0 Å². The first kappa shape index (κ1) is 38.8. The number of hydrogen-bond acceptors (Lipinski definition) is 14. The number of anilines is 2. The molecule has 0 bridgehead atoms. The second kappa shape index (κ2) is 17.0. The zero-order valence-electron chi connectivity index (χ0n) is 25.6. The van der Waals surface area contributed by atoms with Gasteiger partial charge in [-0.15, -0.1) is 0 Å². The van der Waals surface area contributed by atoms with Gasteiger partial charge in [-0.2, -0.15) is 9.97 Å². The number of carboxylic acids is 2. The van der Waals surface area contributed by atoms with Gasteiger partial charge in [0, 0.05) is 111 Å². The number of carboxylic acid groups (broad SMARTS) is 2. The van der Waals surface area contributed by atoms with Crippen molar-refractivity contribution >= 4 is 45.9 Å². The number of aromatic carboxylic acids is 2. The zero-order chi connectivity index (χ0) is 31.4. The van der Waals surface area contributed by atoms with Crippen molar-refractivity contribution in [3.63, 3.8) is 0 Å². The van der Waals surface area contributed by atoms with Crippen LogP contribution >= 0.6 is 0 Å². The number of hydrogen-bond donors (Lipinski definition) is 2. The molecule has 0 aliphatic carbocycles. The second-order valence-corrected chi connectivity index (χ2v) is 10.2. The van der Waals surface area contributed by atoms with Gasteiger partial charge in [0.05, 0.1) is 33.8 Å². The van der Waals surface area contributed by atoms with Gasteiger partial charge >= 0.3 is 0 Å². The minimum Gasteiger partial charge on any atom is -2.00 e. The third kappa shape index (κ3) is 8.15.